The molecule has 0 unspecified atom stereocenters. The van der Waals surface area contributed by atoms with Crippen LogP contribution in [0.15, 0.2) is 22.7 Å². The molecule has 2 rings (SSSR count). The van der Waals surface area contributed by atoms with Crippen LogP contribution < -0.4 is 5.32 Å². The quantitative estimate of drug-likeness (QED) is 0.909. The molecule has 0 saturated heterocycles. The van der Waals surface area contributed by atoms with Gasteiger partial charge in [0.15, 0.2) is 0 Å². The molecule has 2 aromatic rings. The lowest BCUT2D eigenvalue weighted by atomic mass is 10.3. The van der Waals surface area contributed by atoms with Crippen molar-refractivity contribution < 1.29 is 4.79 Å². The molecule has 2 N–H and O–H groups in total. The molecule has 1 aromatic carbocycles. The van der Waals surface area contributed by atoms with Gasteiger partial charge in [-0.05, 0) is 18.2 Å². The molecular formula is C11H10BrClN4O. The fourth-order valence-corrected chi connectivity index (χ4v) is 1.85. The first-order valence-corrected chi connectivity index (χ1v) is 6.45. The summed E-state index contributed by atoms with van der Waals surface area (Å²) in [7, 11) is 0. The van der Waals surface area contributed by atoms with E-state index >= 15 is 0 Å². The minimum Gasteiger partial charge on any atom is -0.318 e. The number of rotatable bonds is 3. The molecule has 7 heteroatoms. The maximum absolute atomic E-state index is 11.9. The van der Waals surface area contributed by atoms with E-state index in [4.69, 9.17) is 11.6 Å². The number of aromatic nitrogens is 3. The Bertz CT molecular complexity index is 584. The van der Waals surface area contributed by atoms with Crippen LogP contribution in [0.3, 0.4) is 0 Å². The Kier molecular flexibility index (Phi) is 3.98. The predicted molar refractivity (Wildman–Crippen MR) is 72.9 cm³/mol. The molecule has 1 amide bonds. The van der Waals surface area contributed by atoms with Crippen molar-refractivity contribution in [2.24, 2.45) is 0 Å². The van der Waals surface area contributed by atoms with Crippen LogP contribution in [0.2, 0.25) is 5.02 Å². The maximum atomic E-state index is 11.9. The number of carbonyl (C=O) groups is 1. The zero-order valence-corrected chi connectivity index (χ0v) is 11.8. The number of H-pyrrole nitrogens is 1. The zero-order chi connectivity index (χ0) is 13.1. The van der Waals surface area contributed by atoms with Gasteiger partial charge in [-0.15, -0.1) is 5.10 Å². The van der Waals surface area contributed by atoms with Crippen molar-refractivity contribution in [2.45, 2.75) is 13.3 Å². The van der Waals surface area contributed by atoms with Crippen LogP contribution in [-0.2, 0) is 6.42 Å². The average molecular weight is 330 g/mol. The summed E-state index contributed by atoms with van der Waals surface area (Å²) in [6.45, 7) is 1.92. The molecule has 0 bridgehead atoms. The molecule has 0 atom stereocenters. The van der Waals surface area contributed by atoms with Crippen LogP contribution in [0.25, 0.3) is 0 Å². The first-order chi connectivity index (χ1) is 8.60. The molecule has 18 heavy (non-hydrogen) atoms. The molecule has 5 nitrogen and oxygen atoms in total. The summed E-state index contributed by atoms with van der Waals surface area (Å²) in [5.74, 6) is 0.370. The van der Waals surface area contributed by atoms with E-state index in [1.165, 1.54) is 0 Å². The lowest BCUT2D eigenvalue weighted by molar-refractivity contribution is 0.101. The second-order valence-electron chi connectivity index (χ2n) is 3.54. The molecular weight excluding hydrogens is 320 g/mol. The number of nitrogens with zero attached hydrogens (tertiary/aromatic N) is 2. The minimum absolute atomic E-state index is 0.0999. The van der Waals surface area contributed by atoms with Crippen LogP contribution in [-0.4, -0.2) is 21.1 Å². The first kappa shape index (κ1) is 13.0. The average Bonchev–Trinajstić information content (AvgIpc) is 2.82. The molecule has 94 valence electrons. The van der Waals surface area contributed by atoms with Crippen molar-refractivity contribution in [1.82, 2.24) is 15.2 Å². The Morgan fingerprint density at radius 2 is 2.33 bits per heavy atom. The van der Waals surface area contributed by atoms with Gasteiger partial charge in [0.05, 0.1) is 10.7 Å². The Hall–Kier alpha value is -1.40. The van der Waals surface area contributed by atoms with Gasteiger partial charge in [0.25, 0.3) is 5.91 Å². The van der Waals surface area contributed by atoms with E-state index in [-0.39, 0.29) is 5.82 Å². The molecule has 1 heterocycles. The van der Waals surface area contributed by atoms with Crippen LogP contribution in [0.4, 0.5) is 5.69 Å². The number of hydrogen-bond donors (Lipinski definition) is 2. The second kappa shape index (κ2) is 5.49. The summed E-state index contributed by atoms with van der Waals surface area (Å²) in [4.78, 5) is 15.9. The molecule has 0 aliphatic heterocycles. The van der Waals surface area contributed by atoms with Crippen LogP contribution in [0, 0.1) is 0 Å². The van der Waals surface area contributed by atoms with E-state index in [0.717, 1.165) is 4.47 Å². The third-order valence-electron chi connectivity index (χ3n) is 2.25. The normalized spacial score (nSPS) is 10.4. The highest BCUT2D eigenvalue weighted by atomic mass is 79.9. The zero-order valence-electron chi connectivity index (χ0n) is 9.50. The van der Waals surface area contributed by atoms with E-state index in [2.05, 4.69) is 36.4 Å². The number of anilines is 1. The lowest BCUT2D eigenvalue weighted by Gasteiger charge is -2.05. The minimum atomic E-state index is -0.397. The van der Waals surface area contributed by atoms with Gasteiger partial charge in [0, 0.05) is 10.9 Å². The van der Waals surface area contributed by atoms with E-state index in [9.17, 15) is 4.79 Å². The Morgan fingerprint density at radius 1 is 1.56 bits per heavy atom. The van der Waals surface area contributed by atoms with Gasteiger partial charge in [-0.25, -0.2) is 4.98 Å². The van der Waals surface area contributed by atoms with Crippen molar-refractivity contribution in [1.29, 1.82) is 0 Å². The Balaban J connectivity index is 2.18. The predicted octanol–water partition coefficient (Wildman–Crippen LogP) is 3.04. The highest BCUT2D eigenvalue weighted by Crippen LogP contribution is 2.25. The summed E-state index contributed by atoms with van der Waals surface area (Å²) in [5, 5.41) is 9.63. The number of nitrogens with one attached hydrogen (secondary N) is 2. The van der Waals surface area contributed by atoms with Gasteiger partial charge in [-0.3, -0.25) is 9.89 Å². The van der Waals surface area contributed by atoms with E-state index in [1.807, 2.05) is 6.92 Å². The van der Waals surface area contributed by atoms with Crippen molar-refractivity contribution in [2.75, 3.05) is 5.32 Å². The van der Waals surface area contributed by atoms with Crippen LogP contribution in [0.5, 0.6) is 0 Å². The number of halogens is 2. The summed E-state index contributed by atoms with van der Waals surface area (Å²) >= 11 is 9.29. The monoisotopic (exact) mass is 328 g/mol. The third-order valence-corrected chi connectivity index (χ3v) is 3.07. The molecule has 1 aromatic heterocycles. The number of hydrogen-bond acceptors (Lipinski definition) is 3. The summed E-state index contributed by atoms with van der Waals surface area (Å²) in [6, 6.07) is 5.20. The highest BCUT2D eigenvalue weighted by Gasteiger charge is 2.13. The molecule has 0 aliphatic carbocycles. The van der Waals surface area contributed by atoms with Crippen LogP contribution in [0.1, 0.15) is 23.4 Å². The summed E-state index contributed by atoms with van der Waals surface area (Å²) in [5.41, 5.74) is 0.513. The van der Waals surface area contributed by atoms with E-state index in [0.29, 0.717) is 23.0 Å². The molecule has 0 aliphatic rings. The largest absolute Gasteiger partial charge is 0.318 e. The number of amides is 1. The lowest BCUT2D eigenvalue weighted by Crippen LogP contribution is -2.14. The van der Waals surface area contributed by atoms with E-state index < -0.39 is 5.91 Å². The van der Waals surface area contributed by atoms with Crippen molar-refractivity contribution in [3.63, 3.8) is 0 Å². The second-order valence-corrected chi connectivity index (χ2v) is 4.86. The highest BCUT2D eigenvalue weighted by molar-refractivity contribution is 9.10. The van der Waals surface area contributed by atoms with E-state index in [1.54, 1.807) is 18.2 Å². The SMILES string of the molecule is CCc1nc(C(=O)Nc2cc(Br)ccc2Cl)n[nH]1. The fraction of sp³-hybridized carbons (Fsp3) is 0.182. The molecule has 0 spiro atoms. The molecule has 0 saturated carbocycles. The summed E-state index contributed by atoms with van der Waals surface area (Å²) in [6.07, 6.45) is 0.692. The number of benzene rings is 1. The summed E-state index contributed by atoms with van der Waals surface area (Å²) < 4.78 is 0.825. The third kappa shape index (κ3) is 2.88. The first-order valence-electron chi connectivity index (χ1n) is 5.28. The molecule has 0 fully saturated rings. The Morgan fingerprint density at radius 3 is 3.00 bits per heavy atom. The van der Waals surface area contributed by atoms with Crippen LogP contribution >= 0.6 is 27.5 Å². The number of carbonyl (C=O) groups excluding carboxylic acids is 1. The fourth-order valence-electron chi connectivity index (χ4n) is 1.33. The Labute approximate surface area is 117 Å². The number of aryl methyl sites for hydroxylation is 1. The van der Waals surface area contributed by atoms with Gasteiger partial charge in [0.1, 0.15) is 5.82 Å². The van der Waals surface area contributed by atoms with Gasteiger partial charge in [-0.1, -0.05) is 34.5 Å². The standard InChI is InChI=1S/C11H10BrClN4O/c1-2-9-15-10(17-16-9)11(18)14-8-5-6(12)3-4-7(8)13/h3-5H,2H2,1H3,(H,14,18)(H,15,16,17). The van der Waals surface area contributed by atoms with Gasteiger partial charge >= 0.3 is 0 Å². The molecule has 0 radical (unpaired) electrons. The van der Waals surface area contributed by atoms with Crippen molar-refractivity contribution in [3.8, 4) is 0 Å². The van der Waals surface area contributed by atoms with Gasteiger partial charge in [0.2, 0.25) is 5.82 Å². The van der Waals surface area contributed by atoms with Crippen molar-refractivity contribution in [3.05, 3.63) is 39.3 Å². The van der Waals surface area contributed by atoms with Gasteiger partial charge < -0.3 is 5.32 Å². The van der Waals surface area contributed by atoms with Crippen molar-refractivity contribution >= 4 is 39.1 Å². The number of aromatic amines is 1. The maximum Gasteiger partial charge on any atom is 0.295 e. The topological polar surface area (TPSA) is 70.7 Å². The smallest absolute Gasteiger partial charge is 0.295 e. The van der Waals surface area contributed by atoms with Gasteiger partial charge in [-0.2, -0.15) is 0 Å².